The maximum atomic E-state index is 12.5. The van der Waals surface area contributed by atoms with Crippen LogP contribution >= 0.6 is 0 Å². The van der Waals surface area contributed by atoms with Crippen LogP contribution in [-0.2, 0) is 15.6 Å². The molecule has 0 spiro atoms. The summed E-state index contributed by atoms with van der Waals surface area (Å²) in [5, 5.41) is 2.90. The first-order valence-corrected chi connectivity index (χ1v) is 12.3. The molecular weight excluding hydrogens is 410 g/mol. The fourth-order valence-electron chi connectivity index (χ4n) is 3.58. The van der Waals surface area contributed by atoms with Crippen molar-refractivity contribution in [1.82, 2.24) is 0 Å². The summed E-state index contributed by atoms with van der Waals surface area (Å²) in [5.74, 6) is 1.40. The number of carbonyl (C=O) groups is 1. The maximum Gasteiger partial charge on any atom is 0.262 e. The standard InChI is InChI=1S/C29H43NO3/c1-8-9-10-11-12-19-32-24-16-14-23(15-17-24)30-27(31)21-33-26-18-13-22(28(2,3)4)20-25(26)29(5,6)7/h13-18,20H,8-12,19,21H2,1-7H3,(H,30,31). The van der Waals surface area contributed by atoms with Crippen molar-refractivity contribution >= 4 is 11.6 Å². The van der Waals surface area contributed by atoms with E-state index in [9.17, 15) is 4.79 Å². The molecule has 0 saturated heterocycles. The van der Waals surface area contributed by atoms with Gasteiger partial charge in [0.2, 0.25) is 0 Å². The highest BCUT2D eigenvalue weighted by molar-refractivity contribution is 5.91. The smallest absolute Gasteiger partial charge is 0.262 e. The first kappa shape index (κ1) is 26.8. The third kappa shape index (κ3) is 9.11. The van der Waals surface area contributed by atoms with Crippen LogP contribution in [0.5, 0.6) is 11.5 Å². The number of hydrogen-bond acceptors (Lipinski definition) is 3. The van der Waals surface area contributed by atoms with Crippen molar-refractivity contribution in [2.75, 3.05) is 18.5 Å². The molecule has 1 N–H and O–H groups in total. The van der Waals surface area contributed by atoms with Crippen LogP contribution in [0.15, 0.2) is 42.5 Å². The molecule has 4 heteroatoms. The summed E-state index contributed by atoms with van der Waals surface area (Å²) in [5.41, 5.74) is 3.07. The fourth-order valence-corrected chi connectivity index (χ4v) is 3.58. The maximum absolute atomic E-state index is 12.5. The molecule has 0 aliphatic heterocycles. The quantitative estimate of drug-likeness (QED) is 0.355. The second-order valence-electron chi connectivity index (χ2n) is 10.8. The molecule has 0 aromatic heterocycles. The van der Waals surface area contributed by atoms with Gasteiger partial charge in [-0.1, -0.05) is 86.3 Å². The first-order valence-electron chi connectivity index (χ1n) is 12.3. The van der Waals surface area contributed by atoms with Gasteiger partial charge in [0.1, 0.15) is 11.5 Å². The number of hydrogen-bond donors (Lipinski definition) is 1. The average molecular weight is 454 g/mol. The second-order valence-corrected chi connectivity index (χ2v) is 10.8. The van der Waals surface area contributed by atoms with Crippen LogP contribution in [-0.4, -0.2) is 19.1 Å². The molecule has 0 fully saturated rings. The summed E-state index contributed by atoms with van der Waals surface area (Å²) in [6, 6.07) is 13.8. The van der Waals surface area contributed by atoms with E-state index in [1.54, 1.807) is 0 Å². The van der Waals surface area contributed by atoms with Crippen molar-refractivity contribution in [1.29, 1.82) is 0 Å². The van der Waals surface area contributed by atoms with Crippen LogP contribution in [0.25, 0.3) is 0 Å². The van der Waals surface area contributed by atoms with Gasteiger partial charge in [0.15, 0.2) is 6.61 Å². The Labute approximate surface area is 201 Å². The molecule has 2 aromatic rings. The third-order valence-electron chi connectivity index (χ3n) is 5.67. The van der Waals surface area contributed by atoms with Gasteiger partial charge in [-0.05, 0) is 58.7 Å². The third-order valence-corrected chi connectivity index (χ3v) is 5.67. The number of ether oxygens (including phenoxy) is 2. The number of rotatable bonds is 11. The molecule has 1 amide bonds. The SMILES string of the molecule is CCCCCCCOc1ccc(NC(=O)COc2ccc(C(C)(C)C)cc2C(C)(C)C)cc1. The second kappa shape index (κ2) is 12.1. The largest absolute Gasteiger partial charge is 0.494 e. The lowest BCUT2D eigenvalue weighted by molar-refractivity contribution is -0.118. The van der Waals surface area contributed by atoms with Crippen LogP contribution in [0.1, 0.15) is 91.7 Å². The van der Waals surface area contributed by atoms with Crippen molar-refractivity contribution < 1.29 is 14.3 Å². The Kier molecular flexibility index (Phi) is 9.82. The Morgan fingerprint density at radius 2 is 1.48 bits per heavy atom. The predicted molar refractivity (Wildman–Crippen MR) is 139 cm³/mol. The van der Waals surface area contributed by atoms with E-state index < -0.39 is 0 Å². The predicted octanol–water partition coefficient (Wildman–Crippen LogP) is 7.65. The van der Waals surface area contributed by atoms with Gasteiger partial charge < -0.3 is 14.8 Å². The van der Waals surface area contributed by atoms with Crippen LogP contribution in [0.4, 0.5) is 5.69 Å². The highest BCUT2D eigenvalue weighted by atomic mass is 16.5. The van der Waals surface area contributed by atoms with Gasteiger partial charge in [0.25, 0.3) is 5.91 Å². The molecule has 0 saturated carbocycles. The van der Waals surface area contributed by atoms with Gasteiger partial charge in [-0.25, -0.2) is 0 Å². The van der Waals surface area contributed by atoms with Gasteiger partial charge in [-0.2, -0.15) is 0 Å². The Bertz CT molecular complexity index is 873. The number of carbonyl (C=O) groups excluding carboxylic acids is 1. The molecule has 0 bridgehead atoms. The van der Waals surface area contributed by atoms with E-state index >= 15 is 0 Å². The normalized spacial score (nSPS) is 11.8. The average Bonchev–Trinajstić information content (AvgIpc) is 2.74. The molecule has 2 aromatic carbocycles. The van der Waals surface area contributed by atoms with Crippen molar-refractivity contribution in [2.24, 2.45) is 0 Å². The summed E-state index contributed by atoms with van der Waals surface area (Å²) in [7, 11) is 0. The topological polar surface area (TPSA) is 47.6 Å². The van der Waals surface area contributed by atoms with E-state index in [0.29, 0.717) is 0 Å². The molecule has 0 radical (unpaired) electrons. The van der Waals surface area contributed by atoms with Crippen molar-refractivity contribution in [3.8, 4) is 11.5 Å². The number of unbranched alkanes of at least 4 members (excludes halogenated alkanes) is 4. The Balaban J connectivity index is 1.89. The van der Waals surface area contributed by atoms with Gasteiger partial charge in [0, 0.05) is 5.69 Å². The monoisotopic (exact) mass is 453 g/mol. The Morgan fingerprint density at radius 3 is 2.09 bits per heavy atom. The van der Waals surface area contributed by atoms with Gasteiger partial charge in [-0.15, -0.1) is 0 Å². The van der Waals surface area contributed by atoms with Crippen molar-refractivity contribution in [3.05, 3.63) is 53.6 Å². The zero-order valence-electron chi connectivity index (χ0n) is 21.7. The summed E-state index contributed by atoms with van der Waals surface area (Å²) in [4.78, 5) is 12.5. The van der Waals surface area contributed by atoms with E-state index in [-0.39, 0.29) is 23.3 Å². The minimum atomic E-state index is -0.181. The van der Waals surface area contributed by atoms with Crippen LogP contribution < -0.4 is 14.8 Å². The van der Waals surface area contributed by atoms with E-state index in [0.717, 1.165) is 35.8 Å². The van der Waals surface area contributed by atoms with Crippen LogP contribution in [0, 0.1) is 0 Å². The molecule has 0 unspecified atom stereocenters. The lowest BCUT2D eigenvalue weighted by Gasteiger charge is -2.27. The lowest BCUT2D eigenvalue weighted by atomic mass is 9.80. The molecule has 33 heavy (non-hydrogen) atoms. The molecule has 0 aliphatic rings. The number of amides is 1. The minimum absolute atomic E-state index is 0.0338. The van der Waals surface area contributed by atoms with Crippen molar-refractivity contribution in [3.63, 3.8) is 0 Å². The Morgan fingerprint density at radius 1 is 0.818 bits per heavy atom. The van der Waals surface area contributed by atoms with E-state index in [1.165, 1.54) is 31.2 Å². The van der Waals surface area contributed by atoms with Gasteiger partial charge in [-0.3, -0.25) is 4.79 Å². The molecule has 182 valence electrons. The number of anilines is 1. The lowest BCUT2D eigenvalue weighted by Crippen LogP contribution is -2.22. The fraction of sp³-hybridized carbons (Fsp3) is 0.552. The van der Waals surface area contributed by atoms with Crippen LogP contribution in [0.3, 0.4) is 0 Å². The minimum Gasteiger partial charge on any atom is -0.494 e. The van der Waals surface area contributed by atoms with Gasteiger partial charge in [0.05, 0.1) is 6.61 Å². The highest BCUT2D eigenvalue weighted by Gasteiger charge is 2.23. The van der Waals surface area contributed by atoms with E-state index in [2.05, 4.69) is 65.9 Å². The molecular formula is C29H43NO3. The summed E-state index contributed by atoms with van der Waals surface area (Å²) in [6.45, 7) is 16.0. The molecule has 0 heterocycles. The molecule has 0 atom stereocenters. The first-order chi connectivity index (χ1) is 15.5. The molecule has 4 nitrogen and oxygen atoms in total. The summed E-state index contributed by atoms with van der Waals surface area (Å²) in [6.07, 6.45) is 6.09. The molecule has 0 aliphatic carbocycles. The zero-order valence-corrected chi connectivity index (χ0v) is 21.7. The van der Waals surface area contributed by atoms with Crippen LogP contribution in [0.2, 0.25) is 0 Å². The van der Waals surface area contributed by atoms with Gasteiger partial charge >= 0.3 is 0 Å². The zero-order chi connectivity index (χ0) is 24.5. The summed E-state index contributed by atoms with van der Waals surface area (Å²) >= 11 is 0. The van der Waals surface area contributed by atoms with E-state index in [4.69, 9.17) is 9.47 Å². The molecule has 2 rings (SSSR count). The Hall–Kier alpha value is -2.49. The highest BCUT2D eigenvalue weighted by Crippen LogP contribution is 2.35. The van der Waals surface area contributed by atoms with E-state index in [1.807, 2.05) is 30.3 Å². The number of benzene rings is 2. The number of nitrogens with one attached hydrogen (secondary N) is 1. The summed E-state index contributed by atoms with van der Waals surface area (Å²) < 4.78 is 11.7. The van der Waals surface area contributed by atoms with Crippen molar-refractivity contribution in [2.45, 2.75) is 91.4 Å².